The van der Waals surface area contributed by atoms with Crippen molar-refractivity contribution >= 4 is 11.8 Å². The van der Waals surface area contributed by atoms with Gasteiger partial charge in [-0.3, -0.25) is 9.59 Å². The number of hydrogen-bond donors (Lipinski definition) is 2. The molecule has 1 aromatic carbocycles. The third kappa shape index (κ3) is 4.37. The van der Waals surface area contributed by atoms with Crippen LogP contribution in [0.15, 0.2) is 24.3 Å². The van der Waals surface area contributed by atoms with E-state index in [4.69, 9.17) is 5.73 Å². The summed E-state index contributed by atoms with van der Waals surface area (Å²) in [6.45, 7) is 3.84. The summed E-state index contributed by atoms with van der Waals surface area (Å²) in [4.78, 5) is 24.5. The molecule has 0 heterocycles. The fraction of sp³-hybridized carbons (Fsp3) is 0.429. The van der Waals surface area contributed by atoms with Crippen molar-refractivity contribution in [2.24, 2.45) is 5.73 Å². The highest BCUT2D eigenvalue weighted by Crippen LogP contribution is 2.18. The summed E-state index contributed by atoms with van der Waals surface area (Å²) in [6.07, 6.45) is 0. The average molecular weight is 263 g/mol. The van der Waals surface area contributed by atoms with E-state index in [1.807, 2.05) is 38.1 Å². The second kappa shape index (κ2) is 6.89. The molecule has 0 bridgehead atoms. The van der Waals surface area contributed by atoms with Crippen molar-refractivity contribution in [1.82, 2.24) is 10.2 Å². The maximum atomic E-state index is 11.9. The zero-order chi connectivity index (χ0) is 14.4. The van der Waals surface area contributed by atoms with E-state index >= 15 is 0 Å². The van der Waals surface area contributed by atoms with Gasteiger partial charge in [0.05, 0.1) is 19.1 Å². The number of benzene rings is 1. The van der Waals surface area contributed by atoms with Gasteiger partial charge in [0.1, 0.15) is 0 Å². The van der Waals surface area contributed by atoms with Crippen LogP contribution in [0.1, 0.15) is 24.1 Å². The lowest BCUT2D eigenvalue weighted by molar-refractivity contribution is -0.133. The van der Waals surface area contributed by atoms with Crippen molar-refractivity contribution in [3.05, 3.63) is 35.4 Å². The second-order valence-corrected chi connectivity index (χ2v) is 4.57. The standard InChI is InChI=1S/C14H21N3O2/c1-10-4-6-12(7-5-10)11(2)17(3)14(19)9-16-13(18)8-15/h4-7,11H,8-9,15H2,1-3H3,(H,16,18). The number of carbonyl (C=O) groups excluding carboxylic acids is 2. The Kier molecular flexibility index (Phi) is 5.51. The molecule has 104 valence electrons. The van der Waals surface area contributed by atoms with Crippen LogP contribution in [0.4, 0.5) is 0 Å². The van der Waals surface area contributed by atoms with Crippen molar-refractivity contribution in [2.45, 2.75) is 19.9 Å². The molecule has 5 nitrogen and oxygen atoms in total. The van der Waals surface area contributed by atoms with Crippen LogP contribution in [-0.2, 0) is 9.59 Å². The minimum Gasteiger partial charge on any atom is -0.346 e. The van der Waals surface area contributed by atoms with Gasteiger partial charge in [0.15, 0.2) is 0 Å². The number of nitrogens with two attached hydrogens (primary N) is 1. The van der Waals surface area contributed by atoms with Gasteiger partial charge in [0, 0.05) is 7.05 Å². The Hall–Kier alpha value is -1.88. The highest BCUT2D eigenvalue weighted by Gasteiger charge is 2.17. The number of nitrogens with one attached hydrogen (secondary N) is 1. The van der Waals surface area contributed by atoms with E-state index in [0.717, 1.165) is 5.56 Å². The first-order chi connectivity index (χ1) is 8.95. The zero-order valence-corrected chi connectivity index (χ0v) is 11.6. The summed E-state index contributed by atoms with van der Waals surface area (Å²) in [7, 11) is 1.72. The summed E-state index contributed by atoms with van der Waals surface area (Å²) in [5.41, 5.74) is 7.40. The van der Waals surface area contributed by atoms with Crippen LogP contribution in [0.2, 0.25) is 0 Å². The summed E-state index contributed by atoms with van der Waals surface area (Å²) in [5, 5.41) is 2.47. The first-order valence-electron chi connectivity index (χ1n) is 6.24. The normalized spacial score (nSPS) is 11.8. The highest BCUT2D eigenvalue weighted by atomic mass is 16.2. The molecule has 0 aliphatic rings. The van der Waals surface area contributed by atoms with Gasteiger partial charge in [-0.25, -0.2) is 0 Å². The third-order valence-electron chi connectivity index (χ3n) is 3.16. The van der Waals surface area contributed by atoms with Gasteiger partial charge in [0.2, 0.25) is 11.8 Å². The number of likely N-dealkylation sites (N-methyl/N-ethyl adjacent to an activating group) is 1. The van der Waals surface area contributed by atoms with Crippen molar-refractivity contribution in [1.29, 1.82) is 0 Å². The van der Waals surface area contributed by atoms with Crippen LogP contribution in [0.3, 0.4) is 0 Å². The van der Waals surface area contributed by atoms with Gasteiger partial charge in [-0.1, -0.05) is 29.8 Å². The predicted molar refractivity (Wildman–Crippen MR) is 74.4 cm³/mol. The van der Waals surface area contributed by atoms with Gasteiger partial charge in [-0.2, -0.15) is 0 Å². The van der Waals surface area contributed by atoms with Gasteiger partial charge in [-0.15, -0.1) is 0 Å². The summed E-state index contributed by atoms with van der Waals surface area (Å²) in [5.74, 6) is -0.473. The fourth-order valence-electron chi connectivity index (χ4n) is 1.66. The SMILES string of the molecule is Cc1ccc(C(C)N(C)C(=O)CNC(=O)CN)cc1. The minimum absolute atomic E-state index is 0.0251. The maximum absolute atomic E-state index is 11.9. The molecule has 0 aromatic heterocycles. The Morgan fingerprint density at radius 1 is 1.32 bits per heavy atom. The van der Waals surface area contributed by atoms with Crippen LogP contribution in [-0.4, -0.2) is 36.9 Å². The Balaban J connectivity index is 2.60. The smallest absolute Gasteiger partial charge is 0.242 e. The van der Waals surface area contributed by atoms with E-state index < -0.39 is 0 Å². The first kappa shape index (κ1) is 15.2. The van der Waals surface area contributed by atoms with Crippen molar-refractivity contribution in [2.75, 3.05) is 20.1 Å². The maximum Gasteiger partial charge on any atom is 0.242 e. The van der Waals surface area contributed by atoms with Gasteiger partial charge >= 0.3 is 0 Å². The second-order valence-electron chi connectivity index (χ2n) is 4.57. The number of aryl methyl sites for hydroxylation is 1. The molecular weight excluding hydrogens is 242 g/mol. The molecule has 3 N–H and O–H groups in total. The predicted octanol–water partition coefficient (Wildman–Crippen LogP) is 0.589. The molecule has 0 saturated heterocycles. The molecule has 1 rings (SSSR count). The molecule has 0 aliphatic carbocycles. The van der Waals surface area contributed by atoms with E-state index in [0.29, 0.717) is 0 Å². The summed E-state index contributed by atoms with van der Waals surface area (Å²) in [6, 6.07) is 7.99. The Bertz CT molecular complexity index is 443. The van der Waals surface area contributed by atoms with Crippen molar-refractivity contribution in [3.8, 4) is 0 Å². The van der Waals surface area contributed by atoms with Crippen LogP contribution in [0.5, 0.6) is 0 Å². The average Bonchev–Trinajstić information content (AvgIpc) is 2.43. The van der Waals surface area contributed by atoms with E-state index in [2.05, 4.69) is 5.32 Å². The fourth-order valence-corrected chi connectivity index (χ4v) is 1.66. The number of amides is 2. The lowest BCUT2D eigenvalue weighted by Crippen LogP contribution is -2.41. The van der Waals surface area contributed by atoms with E-state index in [1.165, 1.54) is 5.56 Å². The molecule has 1 atom stereocenters. The molecule has 0 radical (unpaired) electrons. The molecule has 2 amide bonds. The van der Waals surface area contributed by atoms with Gasteiger partial charge < -0.3 is 16.0 Å². The number of carbonyl (C=O) groups is 2. The van der Waals surface area contributed by atoms with E-state index in [1.54, 1.807) is 11.9 Å². The van der Waals surface area contributed by atoms with Crippen LogP contribution < -0.4 is 11.1 Å². The molecule has 0 aliphatic heterocycles. The molecule has 5 heteroatoms. The topological polar surface area (TPSA) is 75.4 Å². The van der Waals surface area contributed by atoms with Crippen LogP contribution >= 0.6 is 0 Å². The van der Waals surface area contributed by atoms with Gasteiger partial charge in [-0.05, 0) is 19.4 Å². The monoisotopic (exact) mass is 263 g/mol. The molecule has 0 spiro atoms. The molecule has 19 heavy (non-hydrogen) atoms. The molecule has 1 unspecified atom stereocenters. The third-order valence-corrected chi connectivity index (χ3v) is 3.16. The lowest BCUT2D eigenvalue weighted by Gasteiger charge is -2.25. The van der Waals surface area contributed by atoms with Crippen LogP contribution in [0.25, 0.3) is 0 Å². The van der Waals surface area contributed by atoms with E-state index in [9.17, 15) is 9.59 Å². The highest BCUT2D eigenvalue weighted by molar-refractivity contribution is 5.85. The van der Waals surface area contributed by atoms with Crippen molar-refractivity contribution in [3.63, 3.8) is 0 Å². The molecule has 1 aromatic rings. The quantitative estimate of drug-likeness (QED) is 0.816. The Labute approximate surface area is 113 Å². The minimum atomic E-state index is -0.329. The largest absolute Gasteiger partial charge is 0.346 e. The molecule has 0 saturated carbocycles. The Morgan fingerprint density at radius 2 is 1.89 bits per heavy atom. The van der Waals surface area contributed by atoms with Crippen molar-refractivity contribution < 1.29 is 9.59 Å². The van der Waals surface area contributed by atoms with Gasteiger partial charge in [0.25, 0.3) is 0 Å². The molecular formula is C14H21N3O2. The summed E-state index contributed by atoms with van der Waals surface area (Å²) < 4.78 is 0. The van der Waals surface area contributed by atoms with E-state index in [-0.39, 0.29) is 30.9 Å². The first-order valence-corrected chi connectivity index (χ1v) is 6.24. The number of rotatable bonds is 5. The Morgan fingerprint density at radius 3 is 2.42 bits per heavy atom. The van der Waals surface area contributed by atoms with Crippen LogP contribution in [0, 0.1) is 6.92 Å². The zero-order valence-electron chi connectivity index (χ0n) is 11.6. The summed E-state index contributed by atoms with van der Waals surface area (Å²) >= 11 is 0. The molecule has 0 fully saturated rings. The number of hydrogen-bond acceptors (Lipinski definition) is 3. The number of nitrogens with zero attached hydrogens (tertiary/aromatic N) is 1. The lowest BCUT2D eigenvalue weighted by atomic mass is 10.1.